The van der Waals surface area contributed by atoms with Crippen molar-refractivity contribution in [3.8, 4) is 0 Å². The van der Waals surface area contributed by atoms with Crippen molar-refractivity contribution < 1.29 is 0 Å². The molecule has 0 heterocycles. The highest BCUT2D eigenvalue weighted by Crippen LogP contribution is 2.37. The monoisotopic (exact) mass is 251 g/mol. The highest BCUT2D eigenvalue weighted by Gasteiger charge is 2.25. The molecule has 2 heteroatoms. The van der Waals surface area contributed by atoms with Gasteiger partial charge in [0.15, 0.2) is 0 Å². The van der Waals surface area contributed by atoms with Crippen LogP contribution in [-0.2, 0) is 0 Å². The fourth-order valence-corrected chi connectivity index (χ4v) is 3.05. The zero-order chi connectivity index (χ0) is 12.1. The van der Waals surface area contributed by atoms with Gasteiger partial charge in [0, 0.05) is 11.6 Å². The van der Waals surface area contributed by atoms with Crippen LogP contribution in [0.1, 0.15) is 44.1 Å². The molecule has 1 aromatic carbocycles. The summed E-state index contributed by atoms with van der Waals surface area (Å²) in [6.45, 7) is 4.33. The molecule has 0 amide bonds. The number of benzene rings is 1. The molecule has 0 radical (unpaired) electrons. The first-order chi connectivity index (χ1) is 8.31. The van der Waals surface area contributed by atoms with Crippen molar-refractivity contribution in [3.05, 3.63) is 34.9 Å². The summed E-state index contributed by atoms with van der Waals surface area (Å²) in [5.41, 5.74) is 1.45. The Morgan fingerprint density at radius 2 is 1.88 bits per heavy atom. The smallest absolute Gasteiger partial charge is 0.0406 e. The minimum Gasteiger partial charge on any atom is -0.316 e. The molecule has 0 bridgehead atoms. The topological polar surface area (TPSA) is 12.0 Å². The van der Waals surface area contributed by atoms with E-state index >= 15 is 0 Å². The normalized spacial score (nSPS) is 18.5. The summed E-state index contributed by atoms with van der Waals surface area (Å²) < 4.78 is 0. The van der Waals surface area contributed by atoms with Gasteiger partial charge in [0.2, 0.25) is 0 Å². The Bertz CT molecular complexity index is 327. The van der Waals surface area contributed by atoms with E-state index in [0.29, 0.717) is 5.92 Å². The SMILES string of the molecule is CCNCC(c1ccc(Cl)cc1)C1CCCC1. The Hall–Kier alpha value is -0.530. The Morgan fingerprint density at radius 3 is 2.47 bits per heavy atom. The van der Waals surface area contributed by atoms with E-state index in [2.05, 4.69) is 24.4 Å². The van der Waals surface area contributed by atoms with E-state index in [9.17, 15) is 0 Å². The largest absolute Gasteiger partial charge is 0.316 e. The van der Waals surface area contributed by atoms with Crippen LogP contribution in [0.3, 0.4) is 0 Å². The Balaban J connectivity index is 2.10. The van der Waals surface area contributed by atoms with Crippen LogP contribution in [0, 0.1) is 5.92 Å². The van der Waals surface area contributed by atoms with Crippen LogP contribution in [0.5, 0.6) is 0 Å². The van der Waals surface area contributed by atoms with Gasteiger partial charge in [-0.3, -0.25) is 0 Å². The molecular formula is C15H22ClN. The van der Waals surface area contributed by atoms with Crippen molar-refractivity contribution in [2.75, 3.05) is 13.1 Å². The fourth-order valence-electron chi connectivity index (χ4n) is 2.93. The van der Waals surface area contributed by atoms with Crippen molar-refractivity contribution in [3.63, 3.8) is 0 Å². The Morgan fingerprint density at radius 1 is 1.24 bits per heavy atom. The van der Waals surface area contributed by atoms with Gasteiger partial charge in [-0.05, 0) is 48.9 Å². The number of hydrogen-bond donors (Lipinski definition) is 1. The second-order valence-electron chi connectivity index (χ2n) is 5.01. The first kappa shape index (κ1) is 12.9. The molecule has 1 aromatic rings. The van der Waals surface area contributed by atoms with Crippen molar-refractivity contribution in [2.45, 2.75) is 38.5 Å². The summed E-state index contributed by atoms with van der Waals surface area (Å²) in [4.78, 5) is 0. The van der Waals surface area contributed by atoms with Crippen molar-refractivity contribution in [1.29, 1.82) is 0 Å². The predicted molar refractivity (Wildman–Crippen MR) is 74.7 cm³/mol. The number of likely N-dealkylation sites (N-methyl/N-ethyl adjacent to an activating group) is 1. The third kappa shape index (κ3) is 3.46. The van der Waals surface area contributed by atoms with Gasteiger partial charge in [-0.1, -0.05) is 43.5 Å². The van der Waals surface area contributed by atoms with Crippen molar-refractivity contribution in [2.24, 2.45) is 5.92 Å². The number of rotatable bonds is 5. The number of nitrogens with one attached hydrogen (secondary N) is 1. The van der Waals surface area contributed by atoms with Crippen LogP contribution >= 0.6 is 11.6 Å². The first-order valence-corrected chi connectivity index (χ1v) is 7.15. The lowest BCUT2D eigenvalue weighted by Crippen LogP contribution is -2.25. The molecule has 1 aliphatic carbocycles. The number of halogens is 1. The average Bonchev–Trinajstić information content (AvgIpc) is 2.85. The zero-order valence-electron chi connectivity index (χ0n) is 10.6. The van der Waals surface area contributed by atoms with Crippen LogP contribution in [0.25, 0.3) is 0 Å². The van der Waals surface area contributed by atoms with E-state index in [1.54, 1.807) is 0 Å². The summed E-state index contributed by atoms with van der Waals surface area (Å²) in [5, 5.41) is 4.34. The Kier molecular flexibility index (Phi) is 4.87. The lowest BCUT2D eigenvalue weighted by Gasteiger charge is -2.24. The minimum atomic E-state index is 0.662. The van der Waals surface area contributed by atoms with Gasteiger partial charge in [-0.2, -0.15) is 0 Å². The molecule has 94 valence electrons. The summed E-state index contributed by atoms with van der Waals surface area (Å²) in [7, 11) is 0. The summed E-state index contributed by atoms with van der Waals surface area (Å²) in [6, 6.07) is 8.43. The molecule has 17 heavy (non-hydrogen) atoms. The quantitative estimate of drug-likeness (QED) is 0.826. The molecule has 0 aliphatic heterocycles. The molecular weight excluding hydrogens is 230 g/mol. The minimum absolute atomic E-state index is 0.662. The van der Waals surface area contributed by atoms with Crippen LogP contribution < -0.4 is 5.32 Å². The van der Waals surface area contributed by atoms with E-state index in [-0.39, 0.29) is 0 Å². The Labute approximate surface area is 110 Å². The first-order valence-electron chi connectivity index (χ1n) is 6.77. The lowest BCUT2D eigenvalue weighted by molar-refractivity contribution is 0.414. The summed E-state index contributed by atoms with van der Waals surface area (Å²) >= 11 is 5.96. The van der Waals surface area contributed by atoms with Gasteiger partial charge in [0.25, 0.3) is 0 Å². The number of hydrogen-bond acceptors (Lipinski definition) is 1. The highest BCUT2D eigenvalue weighted by molar-refractivity contribution is 6.30. The molecule has 0 aromatic heterocycles. The van der Waals surface area contributed by atoms with E-state index in [1.807, 2.05) is 12.1 Å². The van der Waals surface area contributed by atoms with Crippen molar-refractivity contribution >= 4 is 11.6 Å². The zero-order valence-corrected chi connectivity index (χ0v) is 11.3. The van der Waals surface area contributed by atoms with E-state index in [1.165, 1.54) is 31.2 Å². The molecule has 0 spiro atoms. The van der Waals surface area contributed by atoms with Crippen molar-refractivity contribution in [1.82, 2.24) is 5.32 Å². The van der Waals surface area contributed by atoms with Crippen LogP contribution in [0.4, 0.5) is 0 Å². The van der Waals surface area contributed by atoms with Gasteiger partial charge >= 0.3 is 0 Å². The summed E-state index contributed by atoms with van der Waals surface area (Å²) in [6.07, 6.45) is 5.58. The summed E-state index contributed by atoms with van der Waals surface area (Å²) in [5.74, 6) is 1.52. The van der Waals surface area contributed by atoms with Gasteiger partial charge in [-0.15, -0.1) is 0 Å². The molecule has 1 nitrogen and oxygen atoms in total. The van der Waals surface area contributed by atoms with Crippen LogP contribution in [0.2, 0.25) is 5.02 Å². The van der Waals surface area contributed by atoms with Crippen LogP contribution in [-0.4, -0.2) is 13.1 Å². The van der Waals surface area contributed by atoms with Gasteiger partial charge < -0.3 is 5.32 Å². The maximum atomic E-state index is 5.96. The molecule has 1 saturated carbocycles. The van der Waals surface area contributed by atoms with E-state index in [4.69, 9.17) is 11.6 Å². The van der Waals surface area contributed by atoms with E-state index < -0.39 is 0 Å². The average molecular weight is 252 g/mol. The lowest BCUT2D eigenvalue weighted by atomic mass is 9.85. The van der Waals surface area contributed by atoms with Gasteiger partial charge in [0.1, 0.15) is 0 Å². The van der Waals surface area contributed by atoms with Gasteiger partial charge in [-0.25, -0.2) is 0 Å². The molecule has 1 aliphatic rings. The second-order valence-corrected chi connectivity index (χ2v) is 5.45. The highest BCUT2D eigenvalue weighted by atomic mass is 35.5. The predicted octanol–water partition coefficient (Wildman–Crippen LogP) is 4.22. The van der Waals surface area contributed by atoms with Gasteiger partial charge in [0.05, 0.1) is 0 Å². The molecule has 0 saturated heterocycles. The molecule has 2 rings (SSSR count). The maximum absolute atomic E-state index is 5.96. The second kappa shape index (κ2) is 6.42. The molecule has 1 fully saturated rings. The third-order valence-corrected chi connectivity index (χ3v) is 4.13. The molecule has 1 N–H and O–H groups in total. The fraction of sp³-hybridized carbons (Fsp3) is 0.600. The third-order valence-electron chi connectivity index (χ3n) is 3.88. The van der Waals surface area contributed by atoms with Crippen LogP contribution in [0.15, 0.2) is 24.3 Å². The van der Waals surface area contributed by atoms with E-state index in [0.717, 1.165) is 24.0 Å². The standard InChI is InChI=1S/C15H22ClN/c1-2-17-11-15(12-5-3-4-6-12)13-7-9-14(16)10-8-13/h7-10,12,15,17H,2-6,11H2,1H3. The molecule has 1 unspecified atom stereocenters. The molecule has 1 atom stereocenters. The maximum Gasteiger partial charge on any atom is 0.0406 e.